The molecule has 8 nitrogen and oxygen atoms in total. The van der Waals surface area contributed by atoms with E-state index in [2.05, 4.69) is 15.1 Å². The minimum Gasteiger partial charge on any atom is -0.343 e. The van der Waals surface area contributed by atoms with Crippen LogP contribution in [-0.2, 0) is 0 Å². The van der Waals surface area contributed by atoms with E-state index in [0.29, 0.717) is 48.6 Å². The SMILES string of the molecule is Cc1nnc(N2CCN(C(=O)c3ccc(N4C(=O)c5ccccc5C4=O)cc3)CC2)s1. The minimum absolute atomic E-state index is 0.0676. The highest BCUT2D eigenvalue weighted by molar-refractivity contribution is 7.15. The zero-order chi connectivity index (χ0) is 21.5. The molecule has 3 amide bonds. The number of hydrogen-bond donors (Lipinski definition) is 0. The average Bonchev–Trinajstić information content (AvgIpc) is 3.35. The topological polar surface area (TPSA) is 86.7 Å². The van der Waals surface area contributed by atoms with Crippen molar-refractivity contribution in [2.24, 2.45) is 0 Å². The molecule has 3 heterocycles. The number of anilines is 2. The van der Waals surface area contributed by atoms with Crippen molar-refractivity contribution in [3.8, 4) is 0 Å². The third kappa shape index (κ3) is 3.36. The Morgan fingerprint density at radius 1 is 0.871 bits per heavy atom. The monoisotopic (exact) mass is 433 g/mol. The van der Waals surface area contributed by atoms with Crippen LogP contribution in [0.5, 0.6) is 0 Å². The largest absolute Gasteiger partial charge is 0.343 e. The smallest absolute Gasteiger partial charge is 0.266 e. The molecule has 1 saturated heterocycles. The van der Waals surface area contributed by atoms with Crippen LogP contribution in [-0.4, -0.2) is 59.0 Å². The Bertz CT molecular complexity index is 1150. The van der Waals surface area contributed by atoms with Crippen LogP contribution in [0.3, 0.4) is 0 Å². The summed E-state index contributed by atoms with van der Waals surface area (Å²) < 4.78 is 0. The van der Waals surface area contributed by atoms with Gasteiger partial charge in [0.05, 0.1) is 16.8 Å². The lowest BCUT2D eigenvalue weighted by Crippen LogP contribution is -2.48. The van der Waals surface area contributed by atoms with Gasteiger partial charge in [-0.3, -0.25) is 14.4 Å². The van der Waals surface area contributed by atoms with Crippen LogP contribution >= 0.6 is 11.3 Å². The number of aromatic nitrogens is 2. The van der Waals surface area contributed by atoms with Crippen LogP contribution in [0.2, 0.25) is 0 Å². The first-order valence-electron chi connectivity index (χ1n) is 9.95. The minimum atomic E-state index is -0.345. The molecular formula is C22H19N5O3S. The number of carbonyl (C=O) groups excluding carboxylic acids is 3. The first-order valence-corrected chi connectivity index (χ1v) is 10.8. The highest BCUT2D eigenvalue weighted by atomic mass is 32.1. The first kappa shape index (κ1) is 19.4. The van der Waals surface area contributed by atoms with E-state index in [-0.39, 0.29) is 17.7 Å². The molecule has 0 aliphatic carbocycles. The molecule has 0 N–H and O–H groups in total. The van der Waals surface area contributed by atoms with Gasteiger partial charge in [-0.05, 0) is 43.3 Å². The second kappa shape index (κ2) is 7.59. The Hall–Kier alpha value is -3.59. The number of nitrogens with zero attached hydrogens (tertiary/aromatic N) is 5. The second-order valence-corrected chi connectivity index (χ2v) is 8.58. The molecule has 31 heavy (non-hydrogen) atoms. The molecule has 0 bridgehead atoms. The van der Waals surface area contributed by atoms with E-state index < -0.39 is 0 Å². The van der Waals surface area contributed by atoms with Crippen molar-refractivity contribution in [1.82, 2.24) is 15.1 Å². The maximum absolute atomic E-state index is 12.9. The number of benzene rings is 2. The molecule has 156 valence electrons. The molecule has 2 aliphatic rings. The summed E-state index contributed by atoms with van der Waals surface area (Å²) in [5.41, 5.74) is 1.78. The van der Waals surface area contributed by atoms with Gasteiger partial charge in [-0.2, -0.15) is 0 Å². The van der Waals surface area contributed by atoms with E-state index in [4.69, 9.17) is 0 Å². The molecule has 0 unspecified atom stereocenters. The van der Waals surface area contributed by atoms with E-state index >= 15 is 0 Å². The second-order valence-electron chi connectivity index (χ2n) is 7.42. The molecule has 0 spiro atoms. The highest BCUT2D eigenvalue weighted by Crippen LogP contribution is 2.28. The number of carbonyl (C=O) groups is 3. The Labute approximate surface area is 182 Å². The van der Waals surface area contributed by atoms with Gasteiger partial charge < -0.3 is 9.80 Å². The molecule has 3 aromatic rings. The van der Waals surface area contributed by atoms with Crippen molar-refractivity contribution < 1.29 is 14.4 Å². The molecule has 2 aromatic carbocycles. The van der Waals surface area contributed by atoms with Crippen LogP contribution in [0, 0.1) is 6.92 Å². The molecule has 0 radical (unpaired) electrons. The van der Waals surface area contributed by atoms with Crippen molar-refractivity contribution in [3.05, 3.63) is 70.2 Å². The van der Waals surface area contributed by atoms with Crippen molar-refractivity contribution in [3.63, 3.8) is 0 Å². The van der Waals surface area contributed by atoms with Gasteiger partial charge in [0, 0.05) is 31.7 Å². The van der Waals surface area contributed by atoms with Gasteiger partial charge in [-0.1, -0.05) is 23.5 Å². The summed E-state index contributed by atoms with van der Waals surface area (Å²) in [6.45, 7) is 4.52. The molecule has 1 fully saturated rings. The standard InChI is InChI=1S/C22H19N5O3S/c1-14-23-24-22(31-14)26-12-10-25(11-13-26)19(28)15-6-8-16(9-7-15)27-20(29)17-4-2-3-5-18(17)21(27)30/h2-9H,10-13H2,1H3. The van der Waals surface area contributed by atoms with Gasteiger partial charge >= 0.3 is 0 Å². The lowest BCUT2D eigenvalue weighted by Gasteiger charge is -2.34. The van der Waals surface area contributed by atoms with Crippen molar-refractivity contribution >= 4 is 39.9 Å². The van der Waals surface area contributed by atoms with Gasteiger partial charge in [0.15, 0.2) is 0 Å². The van der Waals surface area contributed by atoms with E-state index in [9.17, 15) is 14.4 Å². The molecule has 0 atom stereocenters. The molecular weight excluding hydrogens is 414 g/mol. The Morgan fingerprint density at radius 2 is 1.48 bits per heavy atom. The fourth-order valence-electron chi connectivity index (χ4n) is 3.87. The normalized spacial score (nSPS) is 16.1. The lowest BCUT2D eigenvalue weighted by atomic mass is 10.1. The van der Waals surface area contributed by atoms with E-state index in [1.807, 2.05) is 6.92 Å². The van der Waals surface area contributed by atoms with Crippen molar-refractivity contribution in [2.75, 3.05) is 36.0 Å². The van der Waals surface area contributed by atoms with E-state index in [1.165, 1.54) is 0 Å². The quantitative estimate of drug-likeness (QED) is 0.590. The summed E-state index contributed by atoms with van der Waals surface area (Å²) in [5, 5.41) is 10.0. The van der Waals surface area contributed by atoms with Gasteiger partial charge in [0.2, 0.25) is 5.13 Å². The third-order valence-electron chi connectivity index (χ3n) is 5.52. The molecule has 1 aromatic heterocycles. The van der Waals surface area contributed by atoms with Crippen LogP contribution < -0.4 is 9.80 Å². The Morgan fingerprint density at radius 3 is 2.03 bits per heavy atom. The average molecular weight is 433 g/mol. The summed E-state index contributed by atoms with van der Waals surface area (Å²) in [6.07, 6.45) is 0. The summed E-state index contributed by atoms with van der Waals surface area (Å²) in [5.74, 6) is -0.757. The third-order valence-corrected chi connectivity index (χ3v) is 6.42. The van der Waals surface area contributed by atoms with Gasteiger partial charge in [-0.25, -0.2) is 4.90 Å². The van der Waals surface area contributed by atoms with E-state index in [0.717, 1.165) is 15.0 Å². The van der Waals surface area contributed by atoms with E-state index in [1.54, 1.807) is 64.8 Å². The van der Waals surface area contributed by atoms with Gasteiger partial charge in [0.25, 0.3) is 17.7 Å². The number of rotatable bonds is 3. The molecule has 0 saturated carbocycles. The predicted octanol–water partition coefficient (Wildman–Crippen LogP) is 2.61. The van der Waals surface area contributed by atoms with Crippen LogP contribution in [0.1, 0.15) is 36.1 Å². The fourth-order valence-corrected chi connectivity index (χ4v) is 4.61. The van der Waals surface area contributed by atoms with Crippen molar-refractivity contribution in [2.45, 2.75) is 6.92 Å². The number of imide groups is 1. The summed E-state index contributed by atoms with van der Waals surface area (Å²) in [7, 11) is 0. The van der Waals surface area contributed by atoms with Gasteiger partial charge in [0.1, 0.15) is 5.01 Å². The molecule has 9 heteroatoms. The van der Waals surface area contributed by atoms with Crippen LogP contribution in [0.4, 0.5) is 10.8 Å². The zero-order valence-corrected chi connectivity index (χ0v) is 17.6. The number of hydrogen-bond acceptors (Lipinski definition) is 7. The highest BCUT2D eigenvalue weighted by Gasteiger charge is 2.36. The number of piperazine rings is 1. The maximum Gasteiger partial charge on any atom is 0.266 e. The van der Waals surface area contributed by atoms with Crippen LogP contribution in [0.25, 0.3) is 0 Å². The lowest BCUT2D eigenvalue weighted by molar-refractivity contribution is 0.0746. The Kier molecular flexibility index (Phi) is 4.74. The van der Waals surface area contributed by atoms with Crippen molar-refractivity contribution in [1.29, 1.82) is 0 Å². The summed E-state index contributed by atoms with van der Waals surface area (Å²) in [6, 6.07) is 13.4. The zero-order valence-electron chi connectivity index (χ0n) is 16.8. The predicted molar refractivity (Wildman–Crippen MR) is 117 cm³/mol. The van der Waals surface area contributed by atoms with Crippen LogP contribution in [0.15, 0.2) is 48.5 Å². The maximum atomic E-state index is 12.9. The first-order chi connectivity index (χ1) is 15.0. The molecule has 5 rings (SSSR count). The summed E-state index contributed by atoms with van der Waals surface area (Å²) in [4.78, 5) is 43.3. The van der Waals surface area contributed by atoms with Gasteiger partial charge in [-0.15, -0.1) is 10.2 Å². The fraction of sp³-hybridized carbons (Fsp3) is 0.227. The summed E-state index contributed by atoms with van der Waals surface area (Å²) >= 11 is 1.55. The Balaban J connectivity index is 1.27. The molecule has 2 aliphatic heterocycles. The number of fused-ring (bicyclic) bond motifs is 1. The number of amides is 3. The number of aryl methyl sites for hydroxylation is 1.